The zero-order valence-corrected chi connectivity index (χ0v) is 22.7. The van der Waals surface area contributed by atoms with Crippen LogP contribution in [0.4, 0.5) is 5.69 Å². The van der Waals surface area contributed by atoms with Gasteiger partial charge in [-0.05, 0) is 62.1 Å². The van der Waals surface area contributed by atoms with E-state index in [1.54, 1.807) is 19.9 Å². The molecule has 0 saturated heterocycles. The van der Waals surface area contributed by atoms with Gasteiger partial charge in [-0.3, -0.25) is 9.59 Å². The van der Waals surface area contributed by atoms with E-state index in [1.807, 2.05) is 97.0 Å². The van der Waals surface area contributed by atoms with Gasteiger partial charge in [0, 0.05) is 42.3 Å². The number of likely N-dealkylation sites (N-methyl/N-ethyl adjacent to an activating group) is 1. The average Bonchev–Trinajstić information content (AvgIpc) is 3.36. The molecule has 0 amide bonds. The van der Waals surface area contributed by atoms with Crippen molar-refractivity contribution in [2.75, 3.05) is 31.1 Å². The predicted molar refractivity (Wildman–Crippen MR) is 155 cm³/mol. The van der Waals surface area contributed by atoms with Gasteiger partial charge in [-0.15, -0.1) is 0 Å². The Bertz CT molecular complexity index is 1390. The van der Waals surface area contributed by atoms with Crippen LogP contribution in [0.15, 0.2) is 91.3 Å². The van der Waals surface area contributed by atoms with Crippen LogP contribution in [0.5, 0.6) is 0 Å². The summed E-state index contributed by atoms with van der Waals surface area (Å²) < 4.78 is 5.58. The third kappa shape index (κ3) is 6.90. The predicted octanol–water partition coefficient (Wildman–Crippen LogP) is 5.79. The summed E-state index contributed by atoms with van der Waals surface area (Å²) in [4.78, 5) is 41.4. The fourth-order valence-corrected chi connectivity index (χ4v) is 4.65. The Kier molecular flexibility index (Phi) is 9.10. The number of benzene rings is 3. The molecule has 0 radical (unpaired) electrons. The van der Waals surface area contributed by atoms with Crippen molar-refractivity contribution in [1.29, 1.82) is 0 Å². The molecule has 1 aliphatic heterocycles. The van der Waals surface area contributed by atoms with Gasteiger partial charge in [0.2, 0.25) is 0 Å². The number of anilines is 1. The smallest absolute Gasteiger partial charge is 0.338 e. The van der Waals surface area contributed by atoms with E-state index in [2.05, 4.69) is 4.90 Å². The highest BCUT2D eigenvalue weighted by molar-refractivity contribution is 6.20. The summed E-state index contributed by atoms with van der Waals surface area (Å²) in [5.74, 6) is -0.390. The van der Waals surface area contributed by atoms with Crippen LogP contribution in [-0.4, -0.2) is 48.7 Å². The van der Waals surface area contributed by atoms with Crippen LogP contribution in [0, 0.1) is 0 Å². The summed E-state index contributed by atoms with van der Waals surface area (Å²) in [5, 5.41) is 0. The van der Waals surface area contributed by atoms with Crippen molar-refractivity contribution >= 4 is 34.4 Å². The van der Waals surface area contributed by atoms with Gasteiger partial charge in [0.05, 0.1) is 12.1 Å². The number of ether oxygens (including phenoxy) is 1. The minimum absolute atomic E-state index is 0.00464. The monoisotopic (exact) mass is 522 g/mol. The summed E-state index contributed by atoms with van der Waals surface area (Å²) in [6, 6.07) is 24.7. The number of rotatable bonds is 11. The highest BCUT2D eigenvalue weighted by Crippen LogP contribution is 2.31. The molecule has 1 heterocycles. The summed E-state index contributed by atoms with van der Waals surface area (Å²) in [5.41, 5.74) is 5.56. The first kappa shape index (κ1) is 27.6. The number of Topliss-reactive ketones (excluding diaryl/α,β-unsaturated/α-hetero) is 2. The largest absolute Gasteiger partial charge is 0.460 e. The molecule has 0 atom stereocenters. The van der Waals surface area contributed by atoms with Crippen molar-refractivity contribution in [3.05, 3.63) is 114 Å². The van der Waals surface area contributed by atoms with E-state index in [-0.39, 0.29) is 24.1 Å². The molecule has 0 unspecified atom stereocenters. The molecule has 0 bridgehead atoms. The Morgan fingerprint density at radius 3 is 2.05 bits per heavy atom. The van der Waals surface area contributed by atoms with E-state index < -0.39 is 0 Å². The fraction of sp³-hybridized carbons (Fsp3) is 0.242. The summed E-state index contributed by atoms with van der Waals surface area (Å²) in [7, 11) is 0. The molecule has 1 aliphatic rings. The van der Waals surface area contributed by atoms with E-state index in [0.717, 1.165) is 35.3 Å². The molecule has 0 aromatic heterocycles. The Hall–Kier alpha value is -4.45. The molecule has 6 heteroatoms. The van der Waals surface area contributed by atoms with Crippen molar-refractivity contribution < 1.29 is 19.1 Å². The van der Waals surface area contributed by atoms with E-state index in [0.29, 0.717) is 29.8 Å². The molecule has 0 N–H and O–H groups in total. The quantitative estimate of drug-likeness (QED) is 0.235. The van der Waals surface area contributed by atoms with Crippen LogP contribution >= 0.6 is 0 Å². The number of ketones is 2. The van der Waals surface area contributed by atoms with Crippen molar-refractivity contribution in [2.24, 2.45) is 0 Å². The fourth-order valence-electron chi connectivity index (χ4n) is 4.65. The first-order chi connectivity index (χ1) is 18.9. The lowest BCUT2D eigenvalue weighted by atomic mass is 10.0. The lowest BCUT2D eigenvalue weighted by Gasteiger charge is -2.20. The summed E-state index contributed by atoms with van der Waals surface area (Å²) >= 11 is 0. The van der Waals surface area contributed by atoms with Crippen LogP contribution in [-0.2, 0) is 20.7 Å². The van der Waals surface area contributed by atoms with Gasteiger partial charge in [0.1, 0.15) is 6.61 Å². The maximum absolute atomic E-state index is 12.8. The van der Waals surface area contributed by atoms with Gasteiger partial charge < -0.3 is 14.5 Å². The first-order valence-electron chi connectivity index (χ1n) is 13.2. The lowest BCUT2D eigenvalue weighted by Crippen LogP contribution is -2.24. The van der Waals surface area contributed by atoms with Crippen LogP contribution in [0.25, 0.3) is 11.1 Å². The Morgan fingerprint density at radius 1 is 0.846 bits per heavy atom. The van der Waals surface area contributed by atoms with E-state index in [1.165, 1.54) is 0 Å². The maximum atomic E-state index is 12.8. The van der Waals surface area contributed by atoms with Gasteiger partial charge in [0.15, 0.2) is 11.6 Å². The number of esters is 1. The van der Waals surface area contributed by atoms with Crippen molar-refractivity contribution in [3.8, 4) is 0 Å². The number of allylic oxidation sites excluding steroid dienone is 2. The standard InChI is InChI=1S/C33H34N2O4/c1-4-34(22-30(24(2)36)26-11-7-5-8-12-26)19-20-39-33(38)29-15-16-32-28(21-29)17-18-35(32)23-31(25(3)37)27-13-9-6-10-14-27/h5-16,21-23H,4,17-20H2,1-3H3/b30-22+,31-23+. The molecule has 0 spiro atoms. The molecular formula is C33H34N2O4. The summed E-state index contributed by atoms with van der Waals surface area (Å²) in [6.45, 7) is 7.21. The van der Waals surface area contributed by atoms with Crippen molar-refractivity contribution in [1.82, 2.24) is 4.90 Å². The molecule has 200 valence electrons. The molecule has 0 aliphatic carbocycles. The zero-order valence-electron chi connectivity index (χ0n) is 22.7. The molecule has 0 fully saturated rings. The SMILES string of the molecule is CCN(/C=C(\C(C)=O)c1ccccc1)CCOC(=O)c1ccc2c(c1)CCN2/C=C(\C(C)=O)c1ccccc1. The summed E-state index contributed by atoms with van der Waals surface area (Å²) in [6.07, 6.45) is 4.52. The van der Waals surface area contributed by atoms with Crippen LogP contribution in [0.2, 0.25) is 0 Å². The molecular weight excluding hydrogens is 488 g/mol. The topological polar surface area (TPSA) is 66.9 Å². The number of carbonyl (C=O) groups excluding carboxylic acids is 3. The molecule has 6 nitrogen and oxygen atoms in total. The van der Waals surface area contributed by atoms with Crippen LogP contribution in [0.3, 0.4) is 0 Å². The second-order valence-electron chi connectivity index (χ2n) is 9.48. The van der Waals surface area contributed by atoms with Gasteiger partial charge >= 0.3 is 5.97 Å². The minimum atomic E-state index is -0.379. The number of fused-ring (bicyclic) bond motifs is 1. The highest BCUT2D eigenvalue weighted by Gasteiger charge is 2.21. The van der Waals surface area contributed by atoms with E-state index >= 15 is 0 Å². The molecule has 3 aromatic rings. The van der Waals surface area contributed by atoms with Gasteiger partial charge in [-0.25, -0.2) is 4.79 Å². The second-order valence-corrected chi connectivity index (χ2v) is 9.48. The number of nitrogens with zero attached hydrogens (tertiary/aromatic N) is 2. The van der Waals surface area contributed by atoms with Crippen LogP contribution < -0.4 is 4.90 Å². The first-order valence-corrected chi connectivity index (χ1v) is 13.2. The highest BCUT2D eigenvalue weighted by atomic mass is 16.5. The van der Waals surface area contributed by atoms with Crippen molar-refractivity contribution in [2.45, 2.75) is 27.2 Å². The second kappa shape index (κ2) is 12.9. The maximum Gasteiger partial charge on any atom is 0.338 e. The molecule has 0 saturated carbocycles. The average molecular weight is 523 g/mol. The Balaban J connectivity index is 1.41. The number of carbonyl (C=O) groups is 3. The van der Waals surface area contributed by atoms with Gasteiger partial charge in [0.25, 0.3) is 0 Å². The van der Waals surface area contributed by atoms with E-state index in [9.17, 15) is 14.4 Å². The van der Waals surface area contributed by atoms with Crippen LogP contribution in [0.1, 0.15) is 47.8 Å². The Labute approximate surface area is 230 Å². The Morgan fingerprint density at radius 2 is 1.46 bits per heavy atom. The van der Waals surface area contributed by atoms with Gasteiger partial charge in [-0.2, -0.15) is 0 Å². The minimum Gasteiger partial charge on any atom is -0.460 e. The third-order valence-corrected chi connectivity index (χ3v) is 6.79. The number of hydrogen-bond donors (Lipinski definition) is 0. The van der Waals surface area contributed by atoms with Crippen molar-refractivity contribution in [3.63, 3.8) is 0 Å². The van der Waals surface area contributed by atoms with E-state index in [4.69, 9.17) is 4.74 Å². The molecule has 39 heavy (non-hydrogen) atoms. The third-order valence-electron chi connectivity index (χ3n) is 6.79. The number of hydrogen-bond acceptors (Lipinski definition) is 6. The normalized spacial score (nSPS) is 13.2. The van der Waals surface area contributed by atoms with Gasteiger partial charge in [-0.1, -0.05) is 60.7 Å². The molecule has 3 aromatic carbocycles. The zero-order chi connectivity index (χ0) is 27.8. The lowest BCUT2D eigenvalue weighted by molar-refractivity contribution is -0.112. The molecule has 4 rings (SSSR count).